The van der Waals surface area contributed by atoms with Gasteiger partial charge >= 0.3 is 6.16 Å². The Balaban J connectivity index is 1.82. The Hall–Kier alpha value is -2.12. The molecule has 1 fully saturated rings. The summed E-state index contributed by atoms with van der Waals surface area (Å²) in [6.07, 6.45) is -0.357. The Morgan fingerprint density at radius 3 is 2.70 bits per heavy atom. The van der Waals surface area contributed by atoms with E-state index in [4.69, 9.17) is 14.2 Å². The molecule has 0 spiro atoms. The maximum Gasteiger partial charge on any atom is 0.514 e. The predicted molar refractivity (Wildman–Crippen MR) is 110 cm³/mol. The lowest BCUT2D eigenvalue weighted by molar-refractivity contribution is -0.164. The molecule has 0 radical (unpaired) electrons. The Labute approximate surface area is 177 Å². The second-order valence-corrected chi connectivity index (χ2v) is 9.88. The van der Waals surface area contributed by atoms with Crippen molar-refractivity contribution in [2.45, 2.75) is 82.6 Å². The minimum absolute atomic E-state index is 0.0349. The van der Waals surface area contributed by atoms with Crippen LogP contribution in [-0.2, 0) is 21.4 Å². The molecule has 7 nitrogen and oxygen atoms in total. The fraction of sp³-hybridized carbons (Fsp3) is 0.652. The lowest BCUT2D eigenvalue weighted by Gasteiger charge is -2.56. The zero-order valence-corrected chi connectivity index (χ0v) is 18.6. The molecule has 0 amide bonds. The fourth-order valence-electron chi connectivity index (χ4n) is 5.43. The van der Waals surface area contributed by atoms with Gasteiger partial charge in [0.15, 0.2) is 23.4 Å². The number of carbonyl (C=O) groups excluding carboxylic acids is 2. The fourth-order valence-corrected chi connectivity index (χ4v) is 5.43. The maximum atomic E-state index is 12.9. The number of benzene rings is 1. The van der Waals surface area contributed by atoms with Crippen molar-refractivity contribution in [1.82, 2.24) is 4.90 Å². The topological polar surface area (TPSA) is 85.3 Å². The normalized spacial score (nSPS) is 31.9. The Kier molecular flexibility index (Phi) is 4.71. The molecule has 4 rings (SSSR count). The van der Waals surface area contributed by atoms with E-state index >= 15 is 0 Å². The quantitative estimate of drug-likeness (QED) is 0.598. The monoisotopic (exact) mass is 417 g/mol. The van der Waals surface area contributed by atoms with E-state index in [0.29, 0.717) is 18.6 Å². The number of Topliss-reactive ketones (excluding diaryl/α,β-unsaturated/α-hetero) is 1. The zero-order chi connectivity index (χ0) is 22.1. The molecule has 1 unspecified atom stereocenters. The molecular formula is C23H31NO6. The van der Waals surface area contributed by atoms with Gasteiger partial charge in [0.05, 0.1) is 11.0 Å². The summed E-state index contributed by atoms with van der Waals surface area (Å²) in [6.45, 7) is 10.0. The third-order valence-electron chi connectivity index (χ3n) is 7.01. The molecule has 1 N–H and O–H groups in total. The standard InChI is InChI=1S/C23H31NO6/c1-7-24(6)16-12-13-8-9-15(28-20(26)30-21(2,3)4)18-17(13)22(5)19(29-18)14(25)10-11-23(16,22)27/h8-9,16,19,27H,7,10-12H2,1-6H3/t16?,19-,22-,23+/m0/s1. The van der Waals surface area contributed by atoms with E-state index in [2.05, 4.69) is 11.8 Å². The number of hydrogen-bond donors (Lipinski definition) is 1. The lowest BCUT2D eigenvalue weighted by atomic mass is 9.52. The predicted octanol–water partition coefficient (Wildman–Crippen LogP) is 2.99. The summed E-state index contributed by atoms with van der Waals surface area (Å²) >= 11 is 0. The highest BCUT2D eigenvalue weighted by molar-refractivity contribution is 5.90. The average molecular weight is 418 g/mol. The van der Waals surface area contributed by atoms with Crippen LogP contribution < -0.4 is 9.47 Å². The molecule has 3 aliphatic rings. The first-order valence-electron chi connectivity index (χ1n) is 10.6. The van der Waals surface area contributed by atoms with Crippen LogP contribution >= 0.6 is 0 Å². The third kappa shape index (κ3) is 2.86. The van der Waals surface area contributed by atoms with Gasteiger partial charge in [-0.2, -0.15) is 0 Å². The van der Waals surface area contributed by atoms with E-state index in [0.717, 1.165) is 17.7 Å². The second kappa shape index (κ2) is 6.69. The van der Waals surface area contributed by atoms with E-state index in [1.54, 1.807) is 26.8 Å². The number of aliphatic hydroxyl groups is 1. The van der Waals surface area contributed by atoms with Gasteiger partial charge in [0, 0.05) is 18.0 Å². The summed E-state index contributed by atoms with van der Waals surface area (Å²) in [6, 6.07) is 3.46. The molecule has 1 aromatic rings. The summed E-state index contributed by atoms with van der Waals surface area (Å²) in [7, 11) is 2.00. The highest BCUT2D eigenvalue weighted by Crippen LogP contribution is 2.61. The van der Waals surface area contributed by atoms with Gasteiger partial charge in [0.1, 0.15) is 5.60 Å². The van der Waals surface area contributed by atoms with Crippen molar-refractivity contribution in [2.24, 2.45) is 0 Å². The molecule has 7 heteroatoms. The molecular weight excluding hydrogens is 386 g/mol. The molecule has 30 heavy (non-hydrogen) atoms. The van der Waals surface area contributed by atoms with Crippen molar-refractivity contribution in [3.05, 3.63) is 23.3 Å². The lowest BCUT2D eigenvalue weighted by Crippen LogP contribution is -2.71. The Morgan fingerprint density at radius 1 is 1.37 bits per heavy atom. The molecule has 164 valence electrons. The molecule has 2 aliphatic carbocycles. The molecule has 1 aliphatic heterocycles. The van der Waals surface area contributed by atoms with Crippen molar-refractivity contribution in [1.29, 1.82) is 0 Å². The van der Waals surface area contributed by atoms with Gasteiger partial charge in [0.2, 0.25) is 0 Å². The molecule has 1 heterocycles. The highest BCUT2D eigenvalue weighted by atomic mass is 16.7. The number of likely N-dealkylation sites (N-methyl/N-ethyl adjacent to an activating group) is 1. The highest BCUT2D eigenvalue weighted by Gasteiger charge is 2.69. The van der Waals surface area contributed by atoms with Crippen LogP contribution in [0.1, 0.15) is 58.6 Å². The van der Waals surface area contributed by atoms with E-state index < -0.39 is 28.9 Å². The maximum absolute atomic E-state index is 12.9. The number of nitrogens with zero attached hydrogens (tertiary/aromatic N) is 1. The molecule has 1 aromatic carbocycles. The van der Waals surface area contributed by atoms with Crippen LogP contribution in [0.4, 0.5) is 4.79 Å². The first-order chi connectivity index (χ1) is 13.9. The summed E-state index contributed by atoms with van der Waals surface area (Å²) < 4.78 is 16.9. The van der Waals surface area contributed by atoms with Gasteiger partial charge < -0.3 is 24.2 Å². The minimum atomic E-state index is -1.13. The van der Waals surface area contributed by atoms with Crippen molar-refractivity contribution >= 4 is 11.9 Å². The molecule has 0 aromatic heterocycles. The number of rotatable bonds is 3. The van der Waals surface area contributed by atoms with Crippen LogP contribution in [-0.4, -0.2) is 58.9 Å². The number of ether oxygens (including phenoxy) is 3. The molecule has 4 atom stereocenters. The van der Waals surface area contributed by atoms with E-state index in [9.17, 15) is 14.7 Å². The molecule has 1 saturated carbocycles. The second-order valence-electron chi connectivity index (χ2n) is 9.88. The average Bonchev–Trinajstić information content (AvgIpc) is 2.98. The van der Waals surface area contributed by atoms with Gasteiger partial charge in [-0.3, -0.25) is 4.79 Å². The largest absolute Gasteiger partial charge is 0.514 e. The number of ketones is 1. The summed E-state index contributed by atoms with van der Waals surface area (Å²) in [5.41, 5.74) is -0.937. The molecule has 0 saturated heterocycles. The smallest absolute Gasteiger partial charge is 0.477 e. The van der Waals surface area contributed by atoms with Gasteiger partial charge in [-0.25, -0.2) is 4.79 Å². The zero-order valence-electron chi connectivity index (χ0n) is 18.6. The minimum Gasteiger partial charge on any atom is -0.477 e. The summed E-state index contributed by atoms with van der Waals surface area (Å²) in [5.74, 6) is 0.556. The Bertz CT molecular complexity index is 906. The Morgan fingerprint density at radius 2 is 2.07 bits per heavy atom. The van der Waals surface area contributed by atoms with E-state index in [-0.39, 0.29) is 24.0 Å². The van der Waals surface area contributed by atoms with Crippen LogP contribution in [0.2, 0.25) is 0 Å². The first-order valence-corrected chi connectivity index (χ1v) is 10.6. The van der Waals surface area contributed by atoms with Crippen molar-refractivity contribution in [3.8, 4) is 11.5 Å². The van der Waals surface area contributed by atoms with E-state index in [1.807, 2.05) is 20.0 Å². The van der Waals surface area contributed by atoms with Crippen LogP contribution in [0.3, 0.4) is 0 Å². The van der Waals surface area contributed by atoms with Crippen molar-refractivity contribution in [2.75, 3.05) is 13.6 Å². The number of hydrogen-bond acceptors (Lipinski definition) is 7. The van der Waals surface area contributed by atoms with Crippen LogP contribution in [0, 0.1) is 0 Å². The summed E-state index contributed by atoms with van der Waals surface area (Å²) in [4.78, 5) is 27.3. The van der Waals surface area contributed by atoms with Gasteiger partial charge in [0.25, 0.3) is 0 Å². The van der Waals surface area contributed by atoms with Gasteiger partial charge in [-0.15, -0.1) is 0 Å². The first kappa shape index (κ1) is 21.1. The number of carbonyl (C=O) groups is 2. The van der Waals surface area contributed by atoms with Crippen molar-refractivity contribution < 1.29 is 28.9 Å². The summed E-state index contributed by atoms with van der Waals surface area (Å²) in [5, 5.41) is 12.0. The van der Waals surface area contributed by atoms with Gasteiger partial charge in [-0.1, -0.05) is 13.0 Å². The van der Waals surface area contributed by atoms with Crippen LogP contribution in [0.25, 0.3) is 0 Å². The van der Waals surface area contributed by atoms with E-state index in [1.165, 1.54) is 0 Å². The van der Waals surface area contributed by atoms with Crippen molar-refractivity contribution in [3.63, 3.8) is 0 Å². The van der Waals surface area contributed by atoms with Crippen LogP contribution in [0.5, 0.6) is 11.5 Å². The SMILES string of the molecule is CCN(C)C1Cc2ccc(OC(=O)OC(C)(C)C)c3c2[C@@]2(C)[C@@H](O3)C(=O)CC[C@@]12O. The van der Waals surface area contributed by atoms with Crippen LogP contribution in [0.15, 0.2) is 12.1 Å². The third-order valence-corrected chi connectivity index (χ3v) is 7.01. The van der Waals surface area contributed by atoms with Gasteiger partial charge in [-0.05, 0) is 65.8 Å². The molecule has 0 bridgehead atoms.